The molecule has 0 bridgehead atoms. The molecular formula is C71H138O17P2. The van der Waals surface area contributed by atoms with Crippen LogP contribution in [0.3, 0.4) is 0 Å². The van der Waals surface area contributed by atoms with Gasteiger partial charge in [0.15, 0.2) is 12.2 Å². The van der Waals surface area contributed by atoms with E-state index in [0.717, 1.165) is 102 Å². The smallest absolute Gasteiger partial charge is 0.462 e. The fourth-order valence-corrected chi connectivity index (χ4v) is 12.3. The Labute approximate surface area is 549 Å². The minimum atomic E-state index is -4.95. The van der Waals surface area contributed by atoms with Crippen LogP contribution >= 0.6 is 15.6 Å². The van der Waals surface area contributed by atoms with Gasteiger partial charge in [0.1, 0.15) is 19.3 Å². The Hall–Kier alpha value is -1.94. The molecule has 0 saturated heterocycles. The number of hydrogen-bond donors (Lipinski definition) is 3. The maximum Gasteiger partial charge on any atom is 0.472 e. The second-order valence-corrected chi connectivity index (χ2v) is 29.5. The molecule has 17 nitrogen and oxygen atoms in total. The van der Waals surface area contributed by atoms with Gasteiger partial charge in [0, 0.05) is 25.7 Å². The molecule has 2 unspecified atom stereocenters. The lowest BCUT2D eigenvalue weighted by Gasteiger charge is -2.21. The van der Waals surface area contributed by atoms with Crippen molar-refractivity contribution < 1.29 is 80.2 Å². The molecule has 0 aromatic rings. The third-order valence-electron chi connectivity index (χ3n) is 16.5. The third kappa shape index (κ3) is 64.8. The number of carbonyl (C=O) groups excluding carboxylic acids is 4. The largest absolute Gasteiger partial charge is 0.472 e. The summed E-state index contributed by atoms with van der Waals surface area (Å²) in [7, 11) is -9.89. The van der Waals surface area contributed by atoms with Crippen molar-refractivity contribution >= 4 is 39.5 Å². The second kappa shape index (κ2) is 63.1. The van der Waals surface area contributed by atoms with Gasteiger partial charge in [0.2, 0.25) is 0 Å². The lowest BCUT2D eigenvalue weighted by Crippen LogP contribution is -2.30. The standard InChI is InChI=1S/C71H138O17P2/c1-7-9-11-13-15-17-26-30-36-42-48-54-69(74)82-60-66(87-70(75)55-49-43-37-31-28-25-23-21-19-18-20-22-24-27-29-33-39-45-51-63(3)4)61-85-89(77,78)83-57-65(72)58-84-90(79,80)86-62-67(59-81-68(73)53-47-41-35-16-14-12-10-8-2)88-71(76)56-50-44-38-32-34-40-46-52-64(5)6/h63-67,72H,7-62H2,1-6H3,(H,77,78)(H,79,80)/t65-,66-,67-/m1/s1. The summed E-state index contributed by atoms with van der Waals surface area (Å²) in [6.45, 7) is 9.49. The van der Waals surface area contributed by atoms with E-state index in [-0.39, 0.29) is 25.7 Å². The van der Waals surface area contributed by atoms with Gasteiger partial charge in [-0.2, -0.15) is 0 Å². The second-order valence-electron chi connectivity index (χ2n) is 26.6. The van der Waals surface area contributed by atoms with Crippen LogP contribution in [0.1, 0.15) is 363 Å². The summed E-state index contributed by atoms with van der Waals surface area (Å²) in [4.78, 5) is 72.4. The zero-order valence-corrected chi connectivity index (χ0v) is 60.2. The van der Waals surface area contributed by atoms with Gasteiger partial charge in [-0.25, -0.2) is 9.13 Å². The first-order chi connectivity index (χ1) is 43.4. The van der Waals surface area contributed by atoms with E-state index in [0.29, 0.717) is 31.6 Å². The van der Waals surface area contributed by atoms with Crippen LogP contribution in [0.2, 0.25) is 0 Å². The van der Waals surface area contributed by atoms with Gasteiger partial charge >= 0.3 is 39.5 Å². The average molecular weight is 1330 g/mol. The highest BCUT2D eigenvalue weighted by atomic mass is 31.2. The molecule has 0 aliphatic rings. The zero-order valence-electron chi connectivity index (χ0n) is 58.4. The molecule has 0 heterocycles. The molecule has 0 spiro atoms. The number of hydrogen-bond acceptors (Lipinski definition) is 15. The van der Waals surface area contributed by atoms with Crippen molar-refractivity contribution in [2.75, 3.05) is 39.6 Å². The number of aliphatic hydroxyl groups is 1. The Morgan fingerprint density at radius 2 is 0.511 bits per heavy atom. The van der Waals surface area contributed by atoms with E-state index in [9.17, 15) is 43.2 Å². The van der Waals surface area contributed by atoms with Crippen molar-refractivity contribution in [3.8, 4) is 0 Å². The Bertz CT molecular complexity index is 1750. The van der Waals surface area contributed by atoms with Crippen molar-refractivity contribution in [3.63, 3.8) is 0 Å². The molecule has 3 N–H and O–H groups in total. The molecule has 0 amide bonds. The summed E-state index contributed by atoms with van der Waals surface area (Å²) in [5.41, 5.74) is 0. The number of aliphatic hydroxyl groups excluding tert-OH is 1. The molecular weight excluding hydrogens is 1190 g/mol. The van der Waals surface area contributed by atoms with E-state index in [1.807, 2.05) is 0 Å². The van der Waals surface area contributed by atoms with E-state index in [1.165, 1.54) is 173 Å². The molecule has 0 rings (SSSR count). The Morgan fingerprint density at radius 1 is 0.300 bits per heavy atom. The summed E-state index contributed by atoms with van der Waals surface area (Å²) in [5, 5.41) is 10.6. The van der Waals surface area contributed by atoms with Crippen LogP contribution < -0.4 is 0 Å². The minimum absolute atomic E-state index is 0.103. The van der Waals surface area contributed by atoms with Crippen LogP contribution in [-0.2, 0) is 65.4 Å². The molecule has 0 aromatic heterocycles. The Balaban J connectivity index is 5.14. The summed E-state index contributed by atoms with van der Waals surface area (Å²) in [5.74, 6) is -0.612. The van der Waals surface area contributed by atoms with Crippen LogP contribution in [-0.4, -0.2) is 96.7 Å². The first-order valence-corrected chi connectivity index (χ1v) is 40.0. The van der Waals surface area contributed by atoms with Crippen molar-refractivity contribution in [1.82, 2.24) is 0 Å². The van der Waals surface area contributed by atoms with Crippen LogP contribution in [0.4, 0.5) is 0 Å². The Morgan fingerprint density at radius 3 is 0.756 bits per heavy atom. The van der Waals surface area contributed by atoms with Gasteiger partial charge in [-0.3, -0.25) is 37.3 Å². The zero-order chi connectivity index (χ0) is 66.5. The normalized spacial score (nSPS) is 14.1. The lowest BCUT2D eigenvalue weighted by atomic mass is 10.0. The molecule has 0 saturated carbocycles. The van der Waals surface area contributed by atoms with E-state index in [1.54, 1.807) is 0 Å². The molecule has 534 valence electrons. The summed E-state index contributed by atoms with van der Waals surface area (Å²) in [6, 6.07) is 0. The summed E-state index contributed by atoms with van der Waals surface area (Å²) in [6.07, 6.45) is 48.8. The average Bonchev–Trinajstić information content (AvgIpc) is 3.31. The Kier molecular flexibility index (Phi) is 61.8. The number of unbranched alkanes of at least 4 members (excludes halogenated alkanes) is 40. The first kappa shape index (κ1) is 88.1. The van der Waals surface area contributed by atoms with Gasteiger partial charge in [0.25, 0.3) is 0 Å². The SMILES string of the molecule is CCCCCCCCCCCCCC(=O)OC[C@H](COP(=O)(O)OC[C@@H](O)COP(=O)(O)OC[C@@H](COC(=O)CCCCCCCCCC)OC(=O)CCCCCCCCCC(C)C)OC(=O)CCCCCCCCCCCCCCCCCCCCC(C)C. The predicted octanol–water partition coefficient (Wildman–Crippen LogP) is 20.4. The fourth-order valence-electron chi connectivity index (χ4n) is 10.8. The lowest BCUT2D eigenvalue weighted by molar-refractivity contribution is -0.161. The van der Waals surface area contributed by atoms with E-state index >= 15 is 0 Å². The summed E-state index contributed by atoms with van der Waals surface area (Å²) < 4.78 is 68.2. The van der Waals surface area contributed by atoms with Crippen LogP contribution in [0.25, 0.3) is 0 Å². The van der Waals surface area contributed by atoms with Crippen LogP contribution in [0.5, 0.6) is 0 Å². The summed E-state index contributed by atoms with van der Waals surface area (Å²) >= 11 is 0. The number of carbonyl (C=O) groups is 4. The molecule has 0 aromatic carbocycles. The van der Waals surface area contributed by atoms with Crippen LogP contribution in [0.15, 0.2) is 0 Å². The molecule has 0 radical (unpaired) electrons. The molecule has 5 atom stereocenters. The predicted molar refractivity (Wildman–Crippen MR) is 363 cm³/mol. The maximum atomic E-state index is 13.0. The van der Waals surface area contributed by atoms with Crippen molar-refractivity contribution in [3.05, 3.63) is 0 Å². The number of phosphoric acid groups is 2. The van der Waals surface area contributed by atoms with Gasteiger partial charge in [-0.1, -0.05) is 311 Å². The van der Waals surface area contributed by atoms with Crippen molar-refractivity contribution in [2.24, 2.45) is 11.8 Å². The molecule has 0 fully saturated rings. The van der Waals surface area contributed by atoms with Gasteiger partial charge < -0.3 is 33.8 Å². The number of ether oxygens (including phenoxy) is 4. The minimum Gasteiger partial charge on any atom is -0.462 e. The first-order valence-electron chi connectivity index (χ1n) is 37.0. The highest BCUT2D eigenvalue weighted by Crippen LogP contribution is 2.45. The quantitative estimate of drug-likeness (QED) is 0.0222. The third-order valence-corrected chi connectivity index (χ3v) is 18.4. The van der Waals surface area contributed by atoms with Crippen LogP contribution in [0, 0.1) is 11.8 Å². The van der Waals surface area contributed by atoms with Gasteiger partial charge in [-0.05, 0) is 37.5 Å². The number of esters is 4. The van der Waals surface area contributed by atoms with E-state index < -0.39 is 97.5 Å². The topological polar surface area (TPSA) is 237 Å². The molecule has 0 aliphatic carbocycles. The van der Waals surface area contributed by atoms with E-state index in [4.69, 9.17) is 37.0 Å². The molecule has 19 heteroatoms. The molecule has 0 aliphatic heterocycles. The van der Waals surface area contributed by atoms with Crippen molar-refractivity contribution in [2.45, 2.75) is 381 Å². The van der Waals surface area contributed by atoms with E-state index in [2.05, 4.69) is 41.5 Å². The number of rotatable bonds is 70. The fraction of sp³-hybridized carbons (Fsp3) is 0.944. The van der Waals surface area contributed by atoms with Gasteiger partial charge in [0.05, 0.1) is 26.4 Å². The molecule has 90 heavy (non-hydrogen) atoms. The number of phosphoric ester groups is 2. The highest BCUT2D eigenvalue weighted by molar-refractivity contribution is 7.47. The monoisotopic (exact) mass is 1320 g/mol. The maximum absolute atomic E-state index is 13.0. The highest BCUT2D eigenvalue weighted by Gasteiger charge is 2.30. The van der Waals surface area contributed by atoms with Crippen molar-refractivity contribution in [1.29, 1.82) is 0 Å². The van der Waals surface area contributed by atoms with Gasteiger partial charge in [-0.15, -0.1) is 0 Å².